The van der Waals surface area contributed by atoms with Crippen molar-refractivity contribution in [3.05, 3.63) is 51.7 Å². The van der Waals surface area contributed by atoms with Crippen LogP contribution in [0.4, 0.5) is 10.5 Å². The Morgan fingerprint density at radius 1 is 1.29 bits per heavy atom. The van der Waals surface area contributed by atoms with E-state index < -0.39 is 5.97 Å². The largest absolute Gasteiger partial charge is 0.478 e. The van der Waals surface area contributed by atoms with E-state index in [0.29, 0.717) is 5.69 Å². The molecule has 2 aromatic rings. The van der Waals surface area contributed by atoms with E-state index in [9.17, 15) is 9.59 Å². The van der Waals surface area contributed by atoms with Crippen LogP contribution >= 0.6 is 11.3 Å². The minimum absolute atomic E-state index is 0.112. The van der Waals surface area contributed by atoms with Crippen molar-refractivity contribution in [1.82, 2.24) is 5.32 Å². The van der Waals surface area contributed by atoms with E-state index in [0.717, 1.165) is 11.1 Å². The molecule has 0 spiro atoms. The van der Waals surface area contributed by atoms with Crippen LogP contribution in [0.25, 0.3) is 0 Å². The zero-order chi connectivity index (χ0) is 15.4. The van der Waals surface area contributed by atoms with Crippen molar-refractivity contribution in [3.63, 3.8) is 0 Å². The molecule has 2 rings (SSSR count). The van der Waals surface area contributed by atoms with E-state index in [-0.39, 0.29) is 17.6 Å². The summed E-state index contributed by atoms with van der Waals surface area (Å²) in [5.74, 6) is -1.02. The van der Waals surface area contributed by atoms with Gasteiger partial charge in [0.1, 0.15) is 0 Å². The average molecular weight is 304 g/mol. The number of carbonyl (C=O) groups excluding carboxylic acids is 1. The molecule has 0 aliphatic heterocycles. The summed E-state index contributed by atoms with van der Waals surface area (Å²) in [5, 5.41) is 18.4. The van der Waals surface area contributed by atoms with Crippen molar-refractivity contribution in [2.45, 2.75) is 19.9 Å². The van der Waals surface area contributed by atoms with Gasteiger partial charge >= 0.3 is 12.0 Å². The second-order valence-electron chi connectivity index (χ2n) is 4.71. The van der Waals surface area contributed by atoms with Crippen LogP contribution in [0.2, 0.25) is 0 Å². The zero-order valence-corrected chi connectivity index (χ0v) is 12.5. The fourth-order valence-electron chi connectivity index (χ4n) is 1.85. The number of carboxylic acids is 1. The monoisotopic (exact) mass is 304 g/mol. The van der Waals surface area contributed by atoms with Gasteiger partial charge in [-0.05, 0) is 53.9 Å². The summed E-state index contributed by atoms with van der Waals surface area (Å²) >= 11 is 1.57. The third kappa shape index (κ3) is 3.82. The molecule has 5 nitrogen and oxygen atoms in total. The minimum atomic E-state index is -1.02. The van der Waals surface area contributed by atoms with Gasteiger partial charge in [0.05, 0.1) is 11.6 Å². The van der Waals surface area contributed by atoms with Gasteiger partial charge in [-0.3, -0.25) is 0 Å². The van der Waals surface area contributed by atoms with Gasteiger partial charge in [-0.25, -0.2) is 9.59 Å². The molecule has 0 radical (unpaired) electrons. The third-order valence-corrected chi connectivity index (χ3v) is 3.82. The lowest BCUT2D eigenvalue weighted by Gasteiger charge is -2.15. The van der Waals surface area contributed by atoms with Gasteiger partial charge in [-0.1, -0.05) is 6.07 Å². The highest BCUT2D eigenvalue weighted by Crippen LogP contribution is 2.18. The summed E-state index contributed by atoms with van der Waals surface area (Å²) in [7, 11) is 0. The second kappa shape index (κ2) is 6.41. The van der Waals surface area contributed by atoms with Crippen molar-refractivity contribution in [2.24, 2.45) is 0 Å². The molecule has 1 aromatic carbocycles. The standard InChI is InChI=1S/C15H16N2O3S/c1-9-3-4-11(14(18)19)7-13(9)17-15(20)16-10(2)12-5-6-21-8-12/h3-8,10H,1-2H3,(H,18,19)(H2,16,17,20). The zero-order valence-electron chi connectivity index (χ0n) is 11.7. The molecule has 3 N–H and O–H groups in total. The number of hydrogen-bond donors (Lipinski definition) is 3. The topological polar surface area (TPSA) is 78.4 Å². The van der Waals surface area contributed by atoms with Crippen molar-refractivity contribution in [1.29, 1.82) is 0 Å². The van der Waals surface area contributed by atoms with Crippen molar-refractivity contribution >= 4 is 29.0 Å². The lowest BCUT2D eigenvalue weighted by molar-refractivity contribution is 0.0697. The summed E-state index contributed by atoms with van der Waals surface area (Å²) in [4.78, 5) is 22.9. The van der Waals surface area contributed by atoms with E-state index in [1.807, 2.05) is 30.7 Å². The molecule has 1 unspecified atom stereocenters. The first-order valence-electron chi connectivity index (χ1n) is 6.41. The maximum Gasteiger partial charge on any atom is 0.335 e. The highest BCUT2D eigenvalue weighted by Gasteiger charge is 2.12. The normalized spacial score (nSPS) is 11.7. The van der Waals surface area contributed by atoms with Crippen molar-refractivity contribution < 1.29 is 14.7 Å². The first-order valence-corrected chi connectivity index (χ1v) is 7.35. The van der Waals surface area contributed by atoms with Crippen LogP contribution in [0, 0.1) is 6.92 Å². The van der Waals surface area contributed by atoms with Crippen LogP contribution in [0.1, 0.15) is 34.5 Å². The van der Waals surface area contributed by atoms with Crippen LogP contribution in [0.5, 0.6) is 0 Å². The maximum atomic E-state index is 12.0. The summed E-state index contributed by atoms with van der Waals surface area (Å²) in [6.45, 7) is 3.70. The molecule has 1 aromatic heterocycles. The van der Waals surface area contributed by atoms with Gasteiger partial charge in [0.2, 0.25) is 0 Å². The average Bonchev–Trinajstić information content (AvgIpc) is 2.95. The van der Waals surface area contributed by atoms with E-state index in [1.165, 1.54) is 12.1 Å². The molecular formula is C15H16N2O3S. The van der Waals surface area contributed by atoms with Crippen molar-refractivity contribution in [2.75, 3.05) is 5.32 Å². The molecule has 1 heterocycles. The number of hydrogen-bond acceptors (Lipinski definition) is 3. The number of benzene rings is 1. The number of carboxylic acid groups (broad SMARTS) is 1. The van der Waals surface area contributed by atoms with Gasteiger partial charge in [-0.2, -0.15) is 11.3 Å². The summed E-state index contributed by atoms with van der Waals surface area (Å²) in [6.07, 6.45) is 0. The van der Waals surface area contributed by atoms with Crippen LogP contribution in [-0.4, -0.2) is 17.1 Å². The van der Waals surface area contributed by atoms with Crippen molar-refractivity contribution in [3.8, 4) is 0 Å². The van der Waals surface area contributed by atoms with E-state index >= 15 is 0 Å². The number of rotatable bonds is 4. The number of amides is 2. The number of nitrogens with one attached hydrogen (secondary N) is 2. The van der Waals surface area contributed by atoms with Gasteiger partial charge in [0.15, 0.2) is 0 Å². The second-order valence-corrected chi connectivity index (χ2v) is 5.49. The number of aryl methyl sites for hydroxylation is 1. The Hall–Kier alpha value is -2.34. The van der Waals surface area contributed by atoms with Gasteiger partial charge in [-0.15, -0.1) is 0 Å². The Bertz CT molecular complexity index is 653. The number of aromatic carboxylic acids is 1. The fraction of sp³-hybridized carbons (Fsp3) is 0.200. The highest BCUT2D eigenvalue weighted by molar-refractivity contribution is 7.07. The predicted octanol–water partition coefficient (Wildman–Crippen LogP) is 3.64. The highest BCUT2D eigenvalue weighted by atomic mass is 32.1. The first kappa shape index (κ1) is 15.1. The van der Waals surface area contributed by atoms with Crippen LogP contribution in [0.15, 0.2) is 35.0 Å². The number of urea groups is 1. The molecule has 0 fully saturated rings. The molecule has 2 amide bonds. The van der Waals surface area contributed by atoms with Gasteiger partial charge < -0.3 is 15.7 Å². The summed E-state index contributed by atoms with van der Waals surface area (Å²) < 4.78 is 0. The molecule has 0 aliphatic rings. The molecule has 0 saturated heterocycles. The lowest BCUT2D eigenvalue weighted by atomic mass is 10.1. The third-order valence-electron chi connectivity index (χ3n) is 3.12. The smallest absolute Gasteiger partial charge is 0.335 e. The van der Waals surface area contributed by atoms with Crippen LogP contribution in [-0.2, 0) is 0 Å². The number of anilines is 1. The predicted molar refractivity (Wildman–Crippen MR) is 83.0 cm³/mol. The molecule has 21 heavy (non-hydrogen) atoms. The Morgan fingerprint density at radius 3 is 2.67 bits per heavy atom. The molecule has 1 atom stereocenters. The Balaban J connectivity index is 2.05. The molecule has 110 valence electrons. The Morgan fingerprint density at radius 2 is 2.05 bits per heavy atom. The molecule has 0 saturated carbocycles. The molecule has 0 aliphatic carbocycles. The SMILES string of the molecule is Cc1ccc(C(=O)O)cc1NC(=O)NC(C)c1ccsc1. The number of thiophene rings is 1. The molecular weight excluding hydrogens is 288 g/mol. The van der Waals surface area contributed by atoms with E-state index in [2.05, 4.69) is 10.6 Å². The molecule has 6 heteroatoms. The van der Waals surface area contributed by atoms with E-state index in [1.54, 1.807) is 17.4 Å². The quantitative estimate of drug-likeness (QED) is 0.807. The van der Waals surface area contributed by atoms with Crippen LogP contribution < -0.4 is 10.6 Å². The van der Waals surface area contributed by atoms with Gasteiger partial charge in [0.25, 0.3) is 0 Å². The maximum absolute atomic E-state index is 12.0. The fourth-order valence-corrected chi connectivity index (χ4v) is 2.60. The lowest BCUT2D eigenvalue weighted by Crippen LogP contribution is -2.31. The molecule has 0 bridgehead atoms. The Kier molecular flexibility index (Phi) is 4.59. The Labute approximate surface area is 126 Å². The summed E-state index contributed by atoms with van der Waals surface area (Å²) in [6, 6.07) is 6.10. The van der Waals surface area contributed by atoms with E-state index in [4.69, 9.17) is 5.11 Å². The first-order chi connectivity index (χ1) is 9.97. The summed E-state index contributed by atoms with van der Waals surface area (Å²) in [5.41, 5.74) is 2.47. The number of carbonyl (C=O) groups is 2. The van der Waals surface area contributed by atoms with Crippen LogP contribution in [0.3, 0.4) is 0 Å². The van der Waals surface area contributed by atoms with Gasteiger partial charge in [0, 0.05) is 5.69 Å². The minimum Gasteiger partial charge on any atom is -0.478 e.